The van der Waals surface area contributed by atoms with Gasteiger partial charge in [0.1, 0.15) is 5.52 Å². The number of hydrogen-bond donors (Lipinski definition) is 1. The van der Waals surface area contributed by atoms with Crippen LogP contribution in [0.4, 0.5) is 6.01 Å². The number of rotatable bonds is 7. The minimum absolute atomic E-state index is 0.120. The Morgan fingerprint density at radius 2 is 2.06 bits per heavy atom. The van der Waals surface area contributed by atoms with Gasteiger partial charge in [-0.1, -0.05) is 36.6 Å². The molecular weight excluding hydrogens is 436 g/mol. The number of oxazole rings is 1. The highest BCUT2D eigenvalue weighted by molar-refractivity contribution is 6.30. The van der Waals surface area contributed by atoms with Crippen molar-refractivity contribution in [1.29, 1.82) is 0 Å². The summed E-state index contributed by atoms with van der Waals surface area (Å²) in [6, 6.07) is 14.1. The first-order valence-electron chi connectivity index (χ1n) is 11.9. The van der Waals surface area contributed by atoms with E-state index in [-0.39, 0.29) is 5.91 Å². The van der Waals surface area contributed by atoms with E-state index >= 15 is 0 Å². The van der Waals surface area contributed by atoms with Gasteiger partial charge in [0.25, 0.3) is 11.9 Å². The second-order valence-corrected chi connectivity index (χ2v) is 9.93. The van der Waals surface area contributed by atoms with E-state index < -0.39 is 0 Å². The van der Waals surface area contributed by atoms with Crippen LogP contribution in [0.5, 0.6) is 0 Å². The number of anilines is 1. The molecule has 2 fully saturated rings. The van der Waals surface area contributed by atoms with Crippen molar-refractivity contribution in [3.63, 3.8) is 0 Å². The van der Waals surface area contributed by atoms with E-state index in [1.54, 1.807) is 0 Å². The number of carbonyl (C=O) groups is 1. The second-order valence-electron chi connectivity index (χ2n) is 9.50. The summed E-state index contributed by atoms with van der Waals surface area (Å²) >= 11 is 6.07. The predicted octanol–water partition coefficient (Wildman–Crippen LogP) is 5.43. The Morgan fingerprint density at radius 1 is 1.21 bits per heavy atom. The number of nitrogens with one attached hydrogen (secondary N) is 1. The van der Waals surface area contributed by atoms with E-state index in [0.29, 0.717) is 46.2 Å². The first kappa shape index (κ1) is 22.2. The molecule has 1 saturated heterocycles. The van der Waals surface area contributed by atoms with Crippen LogP contribution in [-0.4, -0.2) is 53.4 Å². The Kier molecular flexibility index (Phi) is 6.56. The summed E-state index contributed by atoms with van der Waals surface area (Å²) in [5, 5.41) is 3.91. The molecule has 2 aliphatic rings. The lowest BCUT2D eigenvalue weighted by atomic mass is 10.0. The molecule has 3 aromatic rings. The molecule has 5 rings (SSSR count). The van der Waals surface area contributed by atoms with E-state index in [4.69, 9.17) is 16.0 Å². The van der Waals surface area contributed by atoms with Gasteiger partial charge in [-0.15, -0.1) is 0 Å². The second kappa shape index (κ2) is 9.74. The van der Waals surface area contributed by atoms with E-state index in [2.05, 4.69) is 27.1 Å². The molecule has 2 aromatic carbocycles. The third-order valence-electron chi connectivity index (χ3n) is 6.94. The maximum absolute atomic E-state index is 13.6. The summed E-state index contributed by atoms with van der Waals surface area (Å²) in [5.74, 6) is 0.674. The highest BCUT2D eigenvalue weighted by Crippen LogP contribution is 2.29. The molecule has 2 heterocycles. The number of hydrogen-bond acceptors (Lipinski definition) is 5. The van der Waals surface area contributed by atoms with E-state index in [0.717, 1.165) is 44.5 Å². The Balaban J connectivity index is 1.32. The zero-order chi connectivity index (χ0) is 22.8. The van der Waals surface area contributed by atoms with Crippen molar-refractivity contribution >= 4 is 34.6 Å². The fourth-order valence-electron chi connectivity index (χ4n) is 5.19. The Morgan fingerprint density at radius 3 is 2.82 bits per heavy atom. The van der Waals surface area contributed by atoms with Crippen LogP contribution >= 0.6 is 11.6 Å². The summed E-state index contributed by atoms with van der Waals surface area (Å²) in [6.45, 7) is 3.59. The molecule has 1 aromatic heterocycles. The molecule has 33 heavy (non-hydrogen) atoms. The average molecular weight is 467 g/mol. The Hall–Kier alpha value is -2.57. The lowest BCUT2D eigenvalue weighted by Crippen LogP contribution is -2.42. The van der Waals surface area contributed by atoms with E-state index in [1.165, 1.54) is 12.8 Å². The maximum Gasteiger partial charge on any atom is 0.295 e. The van der Waals surface area contributed by atoms with Crippen LogP contribution < -0.4 is 5.32 Å². The number of aromatic nitrogens is 1. The number of amides is 1. The number of likely N-dealkylation sites (tertiary alicyclic amines) is 1. The topological polar surface area (TPSA) is 61.6 Å². The number of halogens is 1. The number of fused-ring (bicyclic) bond motifs is 1. The van der Waals surface area contributed by atoms with Gasteiger partial charge in [-0.3, -0.25) is 4.79 Å². The summed E-state index contributed by atoms with van der Waals surface area (Å²) in [6.07, 6.45) is 5.80. The molecule has 0 spiro atoms. The SMILES string of the molecule is CN1CCC(CN(C(=O)c2ccc3oc(NCc4cccc(Cl)c4)nc3c2)C2CCCC2)C1. The third-order valence-corrected chi connectivity index (χ3v) is 7.17. The first-order chi connectivity index (χ1) is 16.0. The summed E-state index contributed by atoms with van der Waals surface area (Å²) in [4.78, 5) is 22.7. The first-order valence-corrected chi connectivity index (χ1v) is 12.3. The van der Waals surface area contributed by atoms with Gasteiger partial charge in [-0.05, 0) is 74.7 Å². The predicted molar refractivity (Wildman–Crippen MR) is 132 cm³/mol. The fourth-order valence-corrected chi connectivity index (χ4v) is 5.41. The van der Waals surface area contributed by atoms with Crippen LogP contribution in [0.1, 0.15) is 48.0 Å². The standard InChI is InChI=1S/C26H31ClN4O2/c1-30-12-11-19(16-30)17-31(22-7-2-3-8-22)25(32)20-9-10-24-23(14-20)29-26(33-24)28-15-18-5-4-6-21(27)13-18/h4-6,9-10,13-14,19,22H,2-3,7-8,11-12,15-17H2,1H3,(H,28,29). The maximum atomic E-state index is 13.6. The van der Waals surface area contributed by atoms with Gasteiger partial charge in [0.05, 0.1) is 0 Å². The molecule has 1 unspecified atom stereocenters. The summed E-state index contributed by atoms with van der Waals surface area (Å²) < 4.78 is 5.85. The molecule has 1 aliphatic carbocycles. The fraction of sp³-hybridized carbons (Fsp3) is 0.462. The monoisotopic (exact) mass is 466 g/mol. The van der Waals surface area contributed by atoms with Crippen LogP contribution in [0.2, 0.25) is 5.02 Å². The lowest BCUT2D eigenvalue weighted by Gasteiger charge is -2.31. The quantitative estimate of drug-likeness (QED) is 0.503. The summed E-state index contributed by atoms with van der Waals surface area (Å²) in [7, 11) is 2.16. The van der Waals surface area contributed by atoms with Crippen LogP contribution in [0.15, 0.2) is 46.9 Å². The molecule has 1 amide bonds. The molecule has 1 aliphatic heterocycles. The van der Waals surface area contributed by atoms with Crippen LogP contribution in [-0.2, 0) is 6.54 Å². The molecule has 0 bridgehead atoms. The third kappa shape index (κ3) is 5.17. The zero-order valence-corrected chi connectivity index (χ0v) is 19.9. The van der Waals surface area contributed by atoms with Crippen molar-refractivity contribution in [3.8, 4) is 0 Å². The molecule has 0 radical (unpaired) electrons. The van der Waals surface area contributed by atoms with Crippen molar-refractivity contribution in [2.45, 2.75) is 44.7 Å². The molecule has 7 heteroatoms. The Bertz CT molecular complexity index is 1120. The van der Waals surface area contributed by atoms with Crippen LogP contribution in [0.3, 0.4) is 0 Å². The van der Waals surface area contributed by atoms with Crippen LogP contribution in [0.25, 0.3) is 11.1 Å². The van der Waals surface area contributed by atoms with Gasteiger partial charge < -0.3 is 19.5 Å². The minimum Gasteiger partial charge on any atom is -0.424 e. The van der Waals surface area contributed by atoms with E-state index in [1.807, 2.05) is 42.5 Å². The van der Waals surface area contributed by atoms with Gasteiger partial charge in [-0.25, -0.2) is 0 Å². The number of benzene rings is 2. The molecule has 1 saturated carbocycles. The van der Waals surface area contributed by atoms with Crippen molar-refractivity contribution in [2.75, 3.05) is 32.0 Å². The molecular formula is C26H31ClN4O2. The number of nitrogens with zero attached hydrogens (tertiary/aromatic N) is 3. The smallest absolute Gasteiger partial charge is 0.295 e. The lowest BCUT2D eigenvalue weighted by molar-refractivity contribution is 0.0647. The van der Waals surface area contributed by atoms with Crippen molar-refractivity contribution < 1.29 is 9.21 Å². The largest absolute Gasteiger partial charge is 0.424 e. The number of carbonyl (C=O) groups excluding carboxylic acids is 1. The van der Waals surface area contributed by atoms with E-state index in [9.17, 15) is 4.79 Å². The highest BCUT2D eigenvalue weighted by atomic mass is 35.5. The summed E-state index contributed by atoms with van der Waals surface area (Å²) in [5.41, 5.74) is 3.10. The molecule has 174 valence electrons. The van der Waals surface area contributed by atoms with Gasteiger partial charge >= 0.3 is 0 Å². The van der Waals surface area contributed by atoms with Gasteiger partial charge in [-0.2, -0.15) is 4.98 Å². The average Bonchev–Trinajstić information content (AvgIpc) is 3.56. The molecule has 1 N–H and O–H groups in total. The molecule has 1 atom stereocenters. The van der Waals surface area contributed by atoms with Crippen LogP contribution in [0, 0.1) is 5.92 Å². The van der Waals surface area contributed by atoms with Crippen molar-refractivity contribution in [2.24, 2.45) is 5.92 Å². The minimum atomic E-state index is 0.120. The van der Waals surface area contributed by atoms with Crippen molar-refractivity contribution in [3.05, 3.63) is 58.6 Å². The van der Waals surface area contributed by atoms with Crippen molar-refractivity contribution in [1.82, 2.24) is 14.8 Å². The normalized spacial score (nSPS) is 19.4. The zero-order valence-electron chi connectivity index (χ0n) is 19.1. The highest BCUT2D eigenvalue weighted by Gasteiger charge is 2.31. The molecule has 6 nitrogen and oxygen atoms in total. The van der Waals surface area contributed by atoms with Gasteiger partial charge in [0, 0.05) is 36.3 Å². The Labute approximate surface area is 199 Å². The van der Waals surface area contributed by atoms with Gasteiger partial charge in [0.2, 0.25) is 0 Å². The van der Waals surface area contributed by atoms with Gasteiger partial charge in [0.15, 0.2) is 5.58 Å².